The first kappa shape index (κ1) is 14.7. The highest BCUT2D eigenvalue weighted by Crippen LogP contribution is 2.29. The molecule has 0 radical (unpaired) electrons. The second kappa shape index (κ2) is 5.85. The summed E-state index contributed by atoms with van der Waals surface area (Å²) in [7, 11) is 0. The Morgan fingerprint density at radius 2 is 2.23 bits per heavy atom. The van der Waals surface area contributed by atoms with Crippen molar-refractivity contribution in [3.8, 4) is 5.75 Å². The maximum Gasteiger partial charge on any atom is 0.337 e. The minimum atomic E-state index is -0.425. The number of fused-ring (bicyclic) bond motifs is 1. The van der Waals surface area contributed by atoms with E-state index in [9.17, 15) is 4.79 Å². The van der Waals surface area contributed by atoms with Gasteiger partial charge in [0.15, 0.2) is 0 Å². The lowest BCUT2D eigenvalue weighted by molar-refractivity contribution is -0.140. The number of ether oxygens (including phenoxy) is 2. The molecule has 0 fully saturated rings. The van der Waals surface area contributed by atoms with Gasteiger partial charge in [-0.3, -0.25) is 0 Å². The lowest BCUT2D eigenvalue weighted by Crippen LogP contribution is -2.17. The molecule has 0 amide bonds. The van der Waals surface area contributed by atoms with Crippen LogP contribution in [0.2, 0.25) is 5.02 Å². The smallest absolute Gasteiger partial charge is 0.337 e. The van der Waals surface area contributed by atoms with Crippen molar-refractivity contribution in [2.75, 3.05) is 6.61 Å². The van der Waals surface area contributed by atoms with Gasteiger partial charge in [0, 0.05) is 10.6 Å². The SMILES string of the molecule is Cc1noc(C)c1COC(=O)C1=Cc2cc(Cl)ccc2OC1. The average molecular weight is 320 g/mol. The lowest BCUT2D eigenvalue weighted by atomic mass is 10.1. The third-order valence-corrected chi connectivity index (χ3v) is 3.71. The van der Waals surface area contributed by atoms with Crippen LogP contribution in [-0.4, -0.2) is 17.7 Å². The van der Waals surface area contributed by atoms with Crippen LogP contribution in [0, 0.1) is 13.8 Å². The minimum Gasteiger partial charge on any atom is -0.488 e. The van der Waals surface area contributed by atoms with E-state index in [0.717, 1.165) is 16.8 Å². The van der Waals surface area contributed by atoms with Gasteiger partial charge in [-0.2, -0.15) is 0 Å². The van der Waals surface area contributed by atoms with Gasteiger partial charge in [-0.15, -0.1) is 0 Å². The Bertz CT molecular complexity index is 744. The Morgan fingerprint density at radius 1 is 1.41 bits per heavy atom. The summed E-state index contributed by atoms with van der Waals surface area (Å²) in [5.74, 6) is 0.925. The Hall–Kier alpha value is -2.27. The molecule has 0 atom stereocenters. The van der Waals surface area contributed by atoms with E-state index in [-0.39, 0.29) is 13.2 Å². The van der Waals surface area contributed by atoms with Gasteiger partial charge in [0.05, 0.1) is 16.8 Å². The van der Waals surface area contributed by atoms with Crippen LogP contribution in [0.1, 0.15) is 22.6 Å². The van der Waals surface area contributed by atoms with Gasteiger partial charge in [0.2, 0.25) is 0 Å². The molecular weight excluding hydrogens is 306 g/mol. The molecule has 22 heavy (non-hydrogen) atoms. The molecule has 0 spiro atoms. The van der Waals surface area contributed by atoms with Crippen molar-refractivity contribution in [3.05, 3.63) is 51.4 Å². The topological polar surface area (TPSA) is 61.6 Å². The summed E-state index contributed by atoms with van der Waals surface area (Å²) in [4.78, 5) is 12.2. The monoisotopic (exact) mass is 319 g/mol. The van der Waals surface area contributed by atoms with Gasteiger partial charge in [0.1, 0.15) is 24.7 Å². The van der Waals surface area contributed by atoms with Crippen molar-refractivity contribution in [1.82, 2.24) is 5.16 Å². The van der Waals surface area contributed by atoms with Crippen molar-refractivity contribution in [1.29, 1.82) is 0 Å². The number of carbonyl (C=O) groups excluding carboxylic acids is 1. The summed E-state index contributed by atoms with van der Waals surface area (Å²) in [6.45, 7) is 3.89. The standard InChI is InChI=1S/C16H14ClNO4/c1-9-14(10(2)22-18-9)8-21-16(19)12-5-11-6-13(17)3-4-15(11)20-7-12/h3-6H,7-8H2,1-2H3. The molecule has 1 aliphatic rings. The normalized spacial score (nSPS) is 13.1. The molecule has 3 rings (SSSR count). The summed E-state index contributed by atoms with van der Waals surface area (Å²) < 4.78 is 15.9. The number of hydrogen-bond donors (Lipinski definition) is 0. The van der Waals surface area contributed by atoms with Crippen LogP contribution in [-0.2, 0) is 16.1 Å². The van der Waals surface area contributed by atoms with Crippen molar-refractivity contribution in [3.63, 3.8) is 0 Å². The first-order valence-electron chi connectivity index (χ1n) is 6.76. The molecule has 2 aromatic rings. The van der Waals surface area contributed by atoms with E-state index in [1.807, 2.05) is 0 Å². The first-order valence-corrected chi connectivity index (χ1v) is 7.14. The molecule has 0 bridgehead atoms. The van der Waals surface area contributed by atoms with E-state index < -0.39 is 5.97 Å². The molecule has 0 aliphatic carbocycles. The van der Waals surface area contributed by atoms with E-state index in [4.69, 9.17) is 25.6 Å². The third kappa shape index (κ3) is 2.85. The molecule has 114 valence electrons. The fourth-order valence-corrected chi connectivity index (χ4v) is 2.39. The van der Waals surface area contributed by atoms with Crippen LogP contribution >= 0.6 is 11.6 Å². The third-order valence-electron chi connectivity index (χ3n) is 3.48. The summed E-state index contributed by atoms with van der Waals surface area (Å²) >= 11 is 5.95. The average Bonchev–Trinajstić information content (AvgIpc) is 2.83. The van der Waals surface area contributed by atoms with Crippen molar-refractivity contribution in [2.24, 2.45) is 0 Å². The number of aromatic nitrogens is 1. The molecule has 5 nitrogen and oxygen atoms in total. The fraction of sp³-hybridized carbons (Fsp3) is 0.250. The molecule has 0 saturated carbocycles. The van der Waals surface area contributed by atoms with E-state index in [2.05, 4.69) is 5.16 Å². The number of halogens is 1. The number of aryl methyl sites for hydroxylation is 2. The molecule has 0 unspecified atom stereocenters. The highest BCUT2D eigenvalue weighted by molar-refractivity contribution is 6.30. The number of esters is 1. The summed E-state index contributed by atoms with van der Waals surface area (Å²) in [5.41, 5.74) is 2.72. The number of nitrogens with zero attached hydrogens (tertiary/aromatic N) is 1. The largest absolute Gasteiger partial charge is 0.488 e. The summed E-state index contributed by atoms with van der Waals surface area (Å²) in [5, 5.41) is 4.41. The molecule has 2 heterocycles. The maximum atomic E-state index is 12.2. The Morgan fingerprint density at radius 3 is 2.95 bits per heavy atom. The Balaban J connectivity index is 1.73. The molecule has 0 N–H and O–H groups in total. The number of benzene rings is 1. The Labute approximate surface area is 132 Å². The van der Waals surface area contributed by atoms with E-state index >= 15 is 0 Å². The second-order valence-electron chi connectivity index (χ2n) is 5.02. The minimum absolute atomic E-state index is 0.125. The quantitative estimate of drug-likeness (QED) is 0.811. The molecule has 1 aromatic heterocycles. The molecular formula is C16H14ClNO4. The highest BCUT2D eigenvalue weighted by atomic mass is 35.5. The molecule has 0 saturated heterocycles. The van der Waals surface area contributed by atoms with E-state index in [0.29, 0.717) is 22.1 Å². The lowest BCUT2D eigenvalue weighted by Gasteiger charge is -2.17. The van der Waals surface area contributed by atoms with Crippen molar-refractivity contribution < 1.29 is 18.8 Å². The number of hydrogen-bond acceptors (Lipinski definition) is 5. The number of rotatable bonds is 3. The predicted octanol–water partition coefficient (Wildman–Crippen LogP) is 3.46. The first-order chi connectivity index (χ1) is 10.5. The van der Waals surface area contributed by atoms with Crippen LogP contribution in [0.25, 0.3) is 6.08 Å². The molecule has 6 heteroatoms. The zero-order valence-electron chi connectivity index (χ0n) is 12.2. The zero-order chi connectivity index (χ0) is 15.7. The number of carbonyl (C=O) groups is 1. The van der Waals surface area contributed by atoms with Crippen LogP contribution in [0.3, 0.4) is 0 Å². The van der Waals surface area contributed by atoms with Crippen LogP contribution in [0.15, 0.2) is 28.3 Å². The van der Waals surface area contributed by atoms with Gasteiger partial charge in [-0.1, -0.05) is 16.8 Å². The summed E-state index contributed by atoms with van der Waals surface area (Å²) in [6.07, 6.45) is 1.74. The van der Waals surface area contributed by atoms with Crippen LogP contribution < -0.4 is 4.74 Å². The van der Waals surface area contributed by atoms with Crippen LogP contribution in [0.4, 0.5) is 0 Å². The second-order valence-corrected chi connectivity index (χ2v) is 5.46. The van der Waals surface area contributed by atoms with Crippen LogP contribution in [0.5, 0.6) is 5.75 Å². The van der Waals surface area contributed by atoms with Gasteiger partial charge < -0.3 is 14.0 Å². The van der Waals surface area contributed by atoms with Gasteiger partial charge in [-0.25, -0.2) is 4.79 Å². The van der Waals surface area contributed by atoms with Gasteiger partial charge in [0.25, 0.3) is 0 Å². The van der Waals surface area contributed by atoms with Crippen molar-refractivity contribution in [2.45, 2.75) is 20.5 Å². The van der Waals surface area contributed by atoms with E-state index in [1.165, 1.54) is 0 Å². The zero-order valence-corrected chi connectivity index (χ0v) is 12.9. The van der Waals surface area contributed by atoms with Gasteiger partial charge >= 0.3 is 5.97 Å². The molecule has 1 aliphatic heterocycles. The molecule has 1 aromatic carbocycles. The van der Waals surface area contributed by atoms with Crippen molar-refractivity contribution >= 4 is 23.6 Å². The predicted molar refractivity (Wildman–Crippen MR) is 80.7 cm³/mol. The Kier molecular flexibility index (Phi) is 3.90. The summed E-state index contributed by atoms with van der Waals surface area (Å²) in [6, 6.07) is 5.27. The highest BCUT2D eigenvalue weighted by Gasteiger charge is 2.20. The fourth-order valence-electron chi connectivity index (χ4n) is 2.20. The van der Waals surface area contributed by atoms with E-state index in [1.54, 1.807) is 38.1 Å². The maximum absolute atomic E-state index is 12.2. The van der Waals surface area contributed by atoms with Gasteiger partial charge in [-0.05, 0) is 38.1 Å².